The second-order valence-corrected chi connectivity index (χ2v) is 27.8. The Bertz CT molecular complexity index is 6000. The molecule has 8 nitrogen and oxygen atoms in total. The minimum atomic E-state index is -0.366. The molecule has 0 N–H and O–H groups in total. The van der Waals surface area contributed by atoms with E-state index in [1.54, 1.807) is 0 Å². The highest BCUT2D eigenvalue weighted by atomic mass is 16.5. The molecule has 4 aliphatic rings. The van der Waals surface area contributed by atoms with Crippen molar-refractivity contribution in [2.75, 3.05) is 19.6 Å². The summed E-state index contributed by atoms with van der Waals surface area (Å²) in [6, 6.07) is 137. The van der Waals surface area contributed by atoms with Crippen molar-refractivity contribution in [3.63, 3.8) is 0 Å². The van der Waals surface area contributed by atoms with Crippen molar-refractivity contribution in [2.24, 2.45) is 0 Å². The van der Waals surface area contributed by atoms with Crippen molar-refractivity contribution in [1.29, 1.82) is 0 Å². The normalized spacial score (nSPS) is 12.8. The molecule has 0 saturated heterocycles. The van der Waals surface area contributed by atoms with E-state index in [1.165, 1.54) is 0 Å². The van der Waals surface area contributed by atoms with Gasteiger partial charge in [-0.25, -0.2) is 0 Å². The number of nitrogens with zero attached hydrogens (tertiary/aromatic N) is 6. The number of hydrogen-bond acceptors (Lipinski definition) is 6. The van der Waals surface area contributed by atoms with Gasteiger partial charge in [0.15, 0.2) is 0 Å². The van der Waals surface area contributed by atoms with Gasteiger partial charge >= 0.3 is 0 Å². The van der Waals surface area contributed by atoms with Crippen LogP contribution in [0.2, 0.25) is 0 Å². The Balaban J connectivity index is 0.923. The van der Waals surface area contributed by atoms with Crippen LogP contribution >= 0.6 is 0 Å². The summed E-state index contributed by atoms with van der Waals surface area (Å²) in [6.07, 6.45) is 0. The lowest BCUT2D eigenvalue weighted by atomic mass is 9.30. The first-order valence-corrected chi connectivity index (χ1v) is 36.4. The molecule has 0 atom stereocenters. The van der Waals surface area contributed by atoms with Crippen molar-refractivity contribution in [2.45, 2.75) is 0 Å². The SMILES string of the molecule is c1ccc(N(c2ccccc2)c2cc3c4c(c2)N(c2ccccc2)c2ccccc2B4c2cc4c(c(-c5c(-n6c7ccccc7c7ccccc76)cccc5-n5c6ccccc6c6ccccc65)c2O3)Oc2cc(N(c3ccccc3)c3ccccc3)cc3c2B4c2ccccc2N3c2ccccc2)cc1. The molecule has 22 rings (SSSR count). The maximum Gasteiger partial charge on any atom is 0.256 e. The van der Waals surface area contributed by atoms with Gasteiger partial charge in [-0.05, 0) is 166 Å². The Morgan fingerprint density at radius 1 is 0.226 bits per heavy atom. The quantitative estimate of drug-likeness (QED) is 0.120. The Morgan fingerprint density at radius 2 is 0.528 bits per heavy atom. The van der Waals surface area contributed by atoms with E-state index in [-0.39, 0.29) is 13.4 Å². The third-order valence-electron chi connectivity index (χ3n) is 22.1. The molecule has 2 aromatic heterocycles. The van der Waals surface area contributed by atoms with E-state index >= 15 is 0 Å². The first-order valence-electron chi connectivity index (χ1n) is 36.4. The van der Waals surface area contributed by atoms with Crippen LogP contribution in [-0.2, 0) is 0 Å². The first-order chi connectivity index (χ1) is 52.7. The molecule has 0 spiro atoms. The van der Waals surface area contributed by atoms with Gasteiger partial charge in [0, 0.05) is 96.1 Å². The van der Waals surface area contributed by atoms with Gasteiger partial charge in [-0.1, -0.05) is 231 Å². The summed E-state index contributed by atoms with van der Waals surface area (Å²) < 4.78 is 22.0. The van der Waals surface area contributed by atoms with Crippen molar-refractivity contribution < 1.29 is 9.47 Å². The van der Waals surface area contributed by atoms with Crippen LogP contribution in [-0.4, -0.2) is 22.6 Å². The van der Waals surface area contributed by atoms with Crippen molar-refractivity contribution >= 4 is 158 Å². The van der Waals surface area contributed by atoms with Gasteiger partial charge in [0.2, 0.25) is 0 Å². The average molecular weight is 1350 g/mol. The van der Waals surface area contributed by atoms with Crippen molar-refractivity contribution in [1.82, 2.24) is 9.13 Å². The fourth-order valence-corrected chi connectivity index (χ4v) is 17.9. The molecular weight excluding hydrogens is 1290 g/mol. The number of anilines is 12. The van der Waals surface area contributed by atoms with Gasteiger partial charge in [0.05, 0.1) is 50.4 Å². The van der Waals surface area contributed by atoms with Crippen molar-refractivity contribution in [3.8, 4) is 45.5 Å². The van der Waals surface area contributed by atoms with E-state index < -0.39 is 0 Å². The van der Waals surface area contributed by atoms with Gasteiger partial charge in [-0.3, -0.25) is 0 Å². The zero-order chi connectivity index (χ0) is 69.5. The lowest BCUT2D eigenvalue weighted by molar-refractivity contribution is 0.469. The predicted molar refractivity (Wildman–Crippen MR) is 442 cm³/mol. The smallest absolute Gasteiger partial charge is 0.256 e. The molecule has 4 aliphatic heterocycles. The van der Waals surface area contributed by atoms with Crippen molar-refractivity contribution in [3.05, 3.63) is 376 Å². The molecule has 16 aromatic carbocycles. The lowest BCUT2D eigenvalue weighted by Crippen LogP contribution is -2.63. The molecule has 0 amide bonds. The van der Waals surface area contributed by atoms with Crippen LogP contribution < -0.4 is 61.9 Å². The van der Waals surface area contributed by atoms with E-state index in [4.69, 9.17) is 9.47 Å². The molecule has 0 aliphatic carbocycles. The molecule has 106 heavy (non-hydrogen) atoms. The van der Waals surface area contributed by atoms with Crippen LogP contribution in [0.4, 0.5) is 68.2 Å². The second-order valence-electron chi connectivity index (χ2n) is 27.8. The zero-order valence-electron chi connectivity index (χ0n) is 57.5. The maximum absolute atomic E-state index is 8.48. The maximum atomic E-state index is 8.48. The molecule has 494 valence electrons. The van der Waals surface area contributed by atoms with E-state index in [9.17, 15) is 0 Å². The van der Waals surface area contributed by atoms with E-state index in [0.29, 0.717) is 11.5 Å². The Labute approximate surface area is 614 Å². The summed E-state index contributed by atoms with van der Waals surface area (Å²) in [5, 5.41) is 4.63. The highest BCUT2D eigenvalue weighted by Crippen LogP contribution is 2.55. The minimum absolute atomic E-state index is 0.366. The number of aromatic nitrogens is 2. The highest BCUT2D eigenvalue weighted by molar-refractivity contribution is 7.02. The summed E-state index contributed by atoms with van der Waals surface area (Å²) in [4.78, 5) is 9.65. The zero-order valence-corrected chi connectivity index (χ0v) is 57.5. The molecule has 0 unspecified atom stereocenters. The molecule has 0 fully saturated rings. The van der Waals surface area contributed by atoms with Crippen LogP contribution in [0.5, 0.6) is 23.0 Å². The standard InChI is InChI=1S/C96H62B2N6O2/c1-7-32-63(33-8-1)99(64-34-9-2-10-35-64)69-58-87-93-89(60-69)105-95-77(97(93)75-48-23-29-54-83(75)101(87)67-40-15-5-16-41-67)62-78-96(92(95)91-85(103-79-50-25-19-44-71(79)72-45-20-26-51-80(72)103)56-31-57-86(91)104-81-52-27-21-46-73(81)74-47-22-28-53-82(74)104)106-90-61-70(100(65-36-11-3-12-37-65)66-38-13-4-14-39-66)59-88-94(90)98(78)76-49-24-30-55-84(76)102(88)68-42-17-6-18-43-68/h1-62H. The molecule has 6 heterocycles. The number of rotatable bonds is 11. The molecule has 0 bridgehead atoms. The predicted octanol–water partition coefficient (Wildman–Crippen LogP) is 21.3. The molecule has 0 radical (unpaired) electrons. The lowest BCUT2D eigenvalue weighted by Gasteiger charge is -2.44. The van der Waals surface area contributed by atoms with Crippen LogP contribution in [0.3, 0.4) is 0 Å². The third kappa shape index (κ3) is 8.98. The Hall–Kier alpha value is -14.0. The Kier molecular flexibility index (Phi) is 13.4. The van der Waals surface area contributed by atoms with Gasteiger partial charge < -0.3 is 38.2 Å². The number of fused-ring (bicyclic) bond motifs is 14. The largest absolute Gasteiger partial charge is 0.457 e. The first kappa shape index (κ1) is 59.7. The van der Waals surface area contributed by atoms with Crippen LogP contribution in [0, 0.1) is 0 Å². The molecule has 10 heteroatoms. The van der Waals surface area contributed by atoms with Crippen LogP contribution in [0.1, 0.15) is 0 Å². The fourth-order valence-electron chi connectivity index (χ4n) is 17.9. The topological polar surface area (TPSA) is 41.3 Å². The second kappa shape index (κ2) is 23.8. The van der Waals surface area contributed by atoms with E-state index in [2.05, 4.69) is 405 Å². The monoisotopic (exact) mass is 1350 g/mol. The van der Waals surface area contributed by atoms with Gasteiger partial charge in [0.25, 0.3) is 13.4 Å². The number of ether oxygens (including phenoxy) is 2. The average Bonchev–Trinajstić information content (AvgIpc) is 0.707. The van der Waals surface area contributed by atoms with Crippen LogP contribution in [0.15, 0.2) is 376 Å². The summed E-state index contributed by atoms with van der Waals surface area (Å²) in [5.74, 6) is 2.92. The summed E-state index contributed by atoms with van der Waals surface area (Å²) in [5.41, 5.74) is 26.9. The molecule has 0 saturated carbocycles. The summed E-state index contributed by atoms with van der Waals surface area (Å²) >= 11 is 0. The third-order valence-corrected chi connectivity index (χ3v) is 22.1. The Morgan fingerprint density at radius 3 is 0.887 bits per heavy atom. The number of para-hydroxylation sites is 12. The van der Waals surface area contributed by atoms with Crippen LogP contribution in [0.25, 0.3) is 66.1 Å². The summed E-state index contributed by atoms with van der Waals surface area (Å²) in [7, 11) is 0. The van der Waals surface area contributed by atoms with Gasteiger partial charge in [0.1, 0.15) is 23.0 Å². The van der Waals surface area contributed by atoms with E-state index in [0.717, 1.165) is 179 Å². The summed E-state index contributed by atoms with van der Waals surface area (Å²) in [6.45, 7) is -0.731. The number of hydrogen-bond donors (Lipinski definition) is 0. The molecular formula is C96H62B2N6O2. The number of benzene rings is 16. The fraction of sp³-hybridized carbons (Fsp3) is 0. The van der Waals surface area contributed by atoms with E-state index in [1.807, 2.05) is 0 Å². The van der Waals surface area contributed by atoms with Gasteiger partial charge in [-0.2, -0.15) is 0 Å². The van der Waals surface area contributed by atoms with Gasteiger partial charge in [-0.15, -0.1) is 0 Å². The minimum Gasteiger partial charge on any atom is -0.457 e. The highest BCUT2D eigenvalue weighted by Gasteiger charge is 2.50. The molecule has 18 aromatic rings.